The van der Waals surface area contributed by atoms with E-state index in [0.29, 0.717) is 6.04 Å². The first kappa shape index (κ1) is 14.4. The molecule has 0 radical (unpaired) electrons. The highest BCUT2D eigenvalue weighted by atomic mass is 16.5. The molecule has 1 aromatic carbocycles. The molecule has 0 atom stereocenters. The molecule has 0 aromatic heterocycles. The fraction of sp³-hybridized carbons (Fsp3) is 0.625. The van der Waals surface area contributed by atoms with Gasteiger partial charge in [-0.15, -0.1) is 0 Å². The molecule has 1 N–H and O–H groups in total. The summed E-state index contributed by atoms with van der Waals surface area (Å²) in [6, 6.07) is 4.91. The van der Waals surface area contributed by atoms with Crippen LogP contribution in [0.4, 0.5) is 0 Å². The van der Waals surface area contributed by atoms with Crippen LogP contribution in [0.3, 0.4) is 0 Å². The zero-order valence-corrected chi connectivity index (χ0v) is 12.3. The lowest BCUT2D eigenvalue weighted by Crippen LogP contribution is -2.37. The van der Waals surface area contributed by atoms with Crippen molar-refractivity contribution in [2.24, 2.45) is 0 Å². The van der Waals surface area contributed by atoms with E-state index in [1.54, 1.807) is 0 Å². The van der Waals surface area contributed by atoms with Crippen LogP contribution in [-0.2, 0) is 4.74 Å². The highest BCUT2D eigenvalue weighted by molar-refractivity contribution is 5.41. The summed E-state index contributed by atoms with van der Waals surface area (Å²) in [7, 11) is 0. The summed E-state index contributed by atoms with van der Waals surface area (Å²) in [6.07, 6.45) is 2.23. The minimum absolute atomic E-state index is 0.595. The molecule has 0 saturated carbocycles. The summed E-state index contributed by atoms with van der Waals surface area (Å²) in [5, 5.41) is 3.54. The molecule has 0 unspecified atom stereocenters. The van der Waals surface area contributed by atoms with Crippen molar-refractivity contribution in [2.75, 3.05) is 26.4 Å². The first-order valence-corrected chi connectivity index (χ1v) is 7.18. The van der Waals surface area contributed by atoms with E-state index in [1.165, 1.54) is 16.7 Å². The van der Waals surface area contributed by atoms with E-state index in [9.17, 15) is 0 Å². The van der Waals surface area contributed by atoms with Gasteiger partial charge < -0.3 is 14.8 Å². The van der Waals surface area contributed by atoms with Crippen LogP contribution < -0.4 is 10.1 Å². The Morgan fingerprint density at radius 3 is 2.68 bits per heavy atom. The summed E-state index contributed by atoms with van der Waals surface area (Å²) in [5.41, 5.74) is 3.81. The predicted octanol–water partition coefficient (Wildman–Crippen LogP) is 2.76. The number of hydrogen-bond donors (Lipinski definition) is 1. The minimum Gasteiger partial charge on any atom is -0.492 e. The number of benzene rings is 1. The van der Waals surface area contributed by atoms with Crippen LogP contribution in [0.1, 0.15) is 29.5 Å². The van der Waals surface area contributed by atoms with Crippen LogP contribution in [-0.4, -0.2) is 32.4 Å². The zero-order chi connectivity index (χ0) is 13.7. The molecule has 3 heteroatoms. The van der Waals surface area contributed by atoms with Crippen LogP contribution in [0.2, 0.25) is 0 Å². The highest BCUT2D eigenvalue weighted by Crippen LogP contribution is 2.23. The summed E-state index contributed by atoms with van der Waals surface area (Å²) in [5.74, 6) is 1.02. The second-order valence-corrected chi connectivity index (χ2v) is 5.39. The van der Waals surface area contributed by atoms with Crippen molar-refractivity contribution in [2.45, 2.75) is 39.7 Å². The van der Waals surface area contributed by atoms with Gasteiger partial charge in [0.05, 0.1) is 0 Å². The number of ether oxygens (including phenoxy) is 2. The first-order chi connectivity index (χ1) is 9.16. The maximum Gasteiger partial charge on any atom is 0.122 e. The van der Waals surface area contributed by atoms with Gasteiger partial charge in [-0.2, -0.15) is 0 Å². The average Bonchev–Trinajstić information content (AvgIpc) is 2.41. The van der Waals surface area contributed by atoms with Crippen molar-refractivity contribution in [1.82, 2.24) is 5.32 Å². The Kier molecular flexibility index (Phi) is 5.23. The number of hydrogen-bond acceptors (Lipinski definition) is 3. The van der Waals surface area contributed by atoms with Gasteiger partial charge in [-0.1, -0.05) is 6.07 Å². The fourth-order valence-corrected chi connectivity index (χ4v) is 2.48. The molecular formula is C16H25NO2. The van der Waals surface area contributed by atoms with Gasteiger partial charge in [0.15, 0.2) is 0 Å². The monoisotopic (exact) mass is 263 g/mol. The smallest absolute Gasteiger partial charge is 0.122 e. The van der Waals surface area contributed by atoms with E-state index in [0.717, 1.165) is 45.0 Å². The first-order valence-electron chi connectivity index (χ1n) is 7.18. The molecule has 0 amide bonds. The molecule has 1 saturated heterocycles. The lowest BCUT2D eigenvalue weighted by molar-refractivity contribution is 0.0770. The Hall–Kier alpha value is -1.06. The van der Waals surface area contributed by atoms with Crippen LogP contribution in [0.15, 0.2) is 12.1 Å². The number of nitrogens with one attached hydrogen (secondary N) is 1. The van der Waals surface area contributed by atoms with Gasteiger partial charge in [0.1, 0.15) is 12.4 Å². The Labute approximate surface area is 116 Å². The lowest BCUT2D eigenvalue weighted by Gasteiger charge is -2.23. The molecule has 0 spiro atoms. The third kappa shape index (κ3) is 4.22. The summed E-state index contributed by atoms with van der Waals surface area (Å²) >= 11 is 0. The molecule has 2 rings (SSSR count). The molecule has 1 aliphatic heterocycles. The SMILES string of the molecule is Cc1cc(C)c(C)c(OCCNC2CCOCC2)c1. The number of aryl methyl sites for hydroxylation is 2. The van der Waals surface area contributed by atoms with E-state index in [-0.39, 0.29) is 0 Å². The second-order valence-electron chi connectivity index (χ2n) is 5.39. The van der Waals surface area contributed by atoms with Crippen LogP contribution >= 0.6 is 0 Å². The zero-order valence-electron chi connectivity index (χ0n) is 12.3. The molecule has 1 aromatic rings. The van der Waals surface area contributed by atoms with Crippen molar-refractivity contribution in [1.29, 1.82) is 0 Å². The van der Waals surface area contributed by atoms with Gasteiger partial charge in [0, 0.05) is 25.8 Å². The molecule has 1 heterocycles. The molecule has 1 aliphatic rings. The van der Waals surface area contributed by atoms with Crippen LogP contribution in [0.5, 0.6) is 5.75 Å². The molecular weight excluding hydrogens is 238 g/mol. The van der Waals surface area contributed by atoms with Crippen molar-refractivity contribution in [3.8, 4) is 5.75 Å². The quantitative estimate of drug-likeness (QED) is 0.829. The van der Waals surface area contributed by atoms with Crippen LogP contribution in [0, 0.1) is 20.8 Å². The van der Waals surface area contributed by atoms with Gasteiger partial charge in [0.2, 0.25) is 0 Å². The van der Waals surface area contributed by atoms with Crippen molar-refractivity contribution < 1.29 is 9.47 Å². The number of rotatable bonds is 5. The largest absolute Gasteiger partial charge is 0.492 e. The Bertz CT molecular complexity index is 411. The minimum atomic E-state index is 0.595. The normalized spacial score (nSPS) is 16.6. The second kappa shape index (κ2) is 6.92. The molecule has 19 heavy (non-hydrogen) atoms. The molecule has 0 bridgehead atoms. The van der Waals surface area contributed by atoms with Crippen LogP contribution in [0.25, 0.3) is 0 Å². The molecule has 0 aliphatic carbocycles. The van der Waals surface area contributed by atoms with E-state index in [1.807, 2.05) is 0 Å². The maximum absolute atomic E-state index is 5.90. The van der Waals surface area contributed by atoms with Gasteiger partial charge >= 0.3 is 0 Å². The Balaban J connectivity index is 1.76. The van der Waals surface area contributed by atoms with Gasteiger partial charge in [-0.25, -0.2) is 0 Å². The van der Waals surface area contributed by atoms with E-state index < -0.39 is 0 Å². The summed E-state index contributed by atoms with van der Waals surface area (Å²) in [4.78, 5) is 0. The van der Waals surface area contributed by atoms with Gasteiger partial charge in [0.25, 0.3) is 0 Å². The fourth-order valence-electron chi connectivity index (χ4n) is 2.48. The van der Waals surface area contributed by atoms with Crippen molar-refractivity contribution in [3.63, 3.8) is 0 Å². The molecule has 1 fully saturated rings. The third-order valence-corrected chi connectivity index (χ3v) is 3.78. The van der Waals surface area contributed by atoms with Gasteiger partial charge in [-0.05, 0) is 56.4 Å². The lowest BCUT2D eigenvalue weighted by atomic mass is 10.1. The molecule has 3 nitrogen and oxygen atoms in total. The topological polar surface area (TPSA) is 30.5 Å². The maximum atomic E-state index is 5.90. The van der Waals surface area contributed by atoms with E-state index >= 15 is 0 Å². The standard InChI is InChI=1S/C16H25NO2/c1-12-10-13(2)14(3)16(11-12)19-9-6-17-15-4-7-18-8-5-15/h10-11,15,17H,4-9H2,1-3H3. The van der Waals surface area contributed by atoms with E-state index in [4.69, 9.17) is 9.47 Å². The predicted molar refractivity (Wildman–Crippen MR) is 78.0 cm³/mol. The van der Waals surface area contributed by atoms with E-state index in [2.05, 4.69) is 38.2 Å². The van der Waals surface area contributed by atoms with Crippen molar-refractivity contribution in [3.05, 3.63) is 28.8 Å². The molecule has 106 valence electrons. The Morgan fingerprint density at radius 2 is 1.95 bits per heavy atom. The highest BCUT2D eigenvalue weighted by Gasteiger charge is 2.12. The third-order valence-electron chi connectivity index (χ3n) is 3.78. The van der Waals surface area contributed by atoms with Crippen molar-refractivity contribution >= 4 is 0 Å². The summed E-state index contributed by atoms with van der Waals surface area (Å²) in [6.45, 7) is 9.76. The Morgan fingerprint density at radius 1 is 1.21 bits per heavy atom. The summed E-state index contributed by atoms with van der Waals surface area (Å²) < 4.78 is 11.2. The van der Waals surface area contributed by atoms with Gasteiger partial charge in [-0.3, -0.25) is 0 Å². The average molecular weight is 263 g/mol.